The third-order valence-corrected chi connectivity index (χ3v) is 2.93. The molecule has 0 bridgehead atoms. The summed E-state index contributed by atoms with van der Waals surface area (Å²) >= 11 is 0. The second-order valence-corrected chi connectivity index (χ2v) is 4.88. The lowest BCUT2D eigenvalue weighted by Gasteiger charge is -2.10. The molecule has 0 atom stereocenters. The molecule has 0 unspecified atom stereocenters. The van der Waals surface area contributed by atoms with E-state index in [2.05, 4.69) is 15.5 Å². The molecule has 6 nitrogen and oxygen atoms in total. The van der Waals surface area contributed by atoms with E-state index < -0.39 is 0 Å². The molecule has 0 aliphatic carbocycles. The summed E-state index contributed by atoms with van der Waals surface area (Å²) in [7, 11) is 1.63. The van der Waals surface area contributed by atoms with Crippen molar-refractivity contribution in [2.45, 2.75) is 33.2 Å². The molecule has 1 heterocycles. The first kappa shape index (κ1) is 15.2. The molecule has 6 heteroatoms. The van der Waals surface area contributed by atoms with Crippen molar-refractivity contribution in [1.82, 2.24) is 10.1 Å². The Morgan fingerprint density at radius 3 is 2.71 bits per heavy atom. The molecule has 2 rings (SSSR count). The standard InChI is InChI=1S/C15H21N3O3/c1-5-20-12-7-6-11(8-13(12)19-4)9-16-15-17-14(10(2)3)18-21-15/h6-8,10H,5,9H2,1-4H3,(H,16,17,18). The van der Waals surface area contributed by atoms with Crippen molar-refractivity contribution in [3.63, 3.8) is 0 Å². The molecule has 0 aliphatic rings. The van der Waals surface area contributed by atoms with Crippen LogP contribution in [-0.2, 0) is 6.54 Å². The number of ether oxygens (including phenoxy) is 2. The Hall–Kier alpha value is -2.24. The first-order valence-corrected chi connectivity index (χ1v) is 7.01. The van der Waals surface area contributed by atoms with Crippen molar-refractivity contribution in [3.8, 4) is 11.5 Å². The first-order valence-electron chi connectivity index (χ1n) is 7.01. The zero-order chi connectivity index (χ0) is 15.2. The first-order chi connectivity index (χ1) is 10.1. The van der Waals surface area contributed by atoms with Crippen LogP contribution in [0.25, 0.3) is 0 Å². The summed E-state index contributed by atoms with van der Waals surface area (Å²) in [5, 5.41) is 7.01. The topological polar surface area (TPSA) is 69.4 Å². The largest absolute Gasteiger partial charge is 0.493 e. The maximum atomic E-state index is 5.49. The van der Waals surface area contributed by atoms with Crippen molar-refractivity contribution in [3.05, 3.63) is 29.6 Å². The second kappa shape index (κ2) is 6.97. The monoisotopic (exact) mass is 291 g/mol. The molecule has 0 spiro atoms. The van der Waals surface area contributed by atoms with E-state index in [1.54, 1.807) is 7.11 Å². The van der Waals surface area contributed by atoms with Crippen LogP contribution < -0.4 is 14.8 Å². The molecule has 2 aromatic rings. The van der Waals surface area contributed by atoms with Crippen LogP contribution in [0.2, 0.25) is 0 Å². The average molecular weight is 291 g/mol. The molecule has 21 heavy (non-hydrogen) atoms. The number of rotatable bonds is 7. The zero-order valence-corrected chi connectivity index (χ0v) is 12.8. The fourth-order valence-electron chi connectivity index (χ4n) is 1.82. The predicted octanol–water partition coefficient (Wildman–Crippen LogP) is 3.21. The molecule has 1 aromatic carbocycles. The fourth-order valence-corrected chi connectivity index (χ4v) is 1.82. The van der Waals surface area contributed by atoms with Crippen molar-refractivity contribution >= 4 is 6.01 Å². The quantitative estimate of drug-likeness (QED) is 0.844. The highest BCUT2D eigenvalue weighted by atomic mass is 16.5. The smallest absolute Gasteiger partial charge is 0.321 e. The van der Waals surface area contributed by atoms with E-state index >= 15 is 0 Å². The molecule has 0 aliphatic heterocycles. The lowest BCUT2D eigenvalue weighted by Crippen LogP contribution is -2.02. The van der Waals surface area contributed by atoms with E-state index in [1.165, 1.54) is 0 Å². The van der Waals surface area contributed by atoms with Gasteiger partial charge in [-0.05, 0) is 24.6 Å². The predicted molar refractivity (Wildman–Crippen MR) is 79.9 cm³/mol. The summed E-state index contributed by atoms with van der Waals surface area (Å²) in [6, 6.07) is 6.22. The highest BCUT2D eigenvalue weighted by Gasteiger charge is 2.10. The maximum Gasteiger partial charge on any atom is 0.321 e. The van der Waals surface area contributed by atoms with E-state index in [-0.39, 0.29) is 5.92 Å². The average Bonchev–Trinajstić information content (AvgIpc) is 2.95. The number of hydrogen-bond donors (Lipinski definition) is 1. The van der Waals surface area contributed by atoms with Gasteiger partial charge in [-0.1, -0.05) is 25.1 Å². The van der Waals surface area contributed by atoms with Crippen LogP contribution in [0.5, 0.6) is 11.5 Å². The van der Waals surface area contributed by atoms with Crippen LogP contribution in [0.3, 0.4) is 0 Å². The lowest BCUT2D eigenvalue weighted by atomic mass is 10.2. The zero-order valence-electron chi connectivity index (χ0n) is 12.8. The van der Waals surface area contributed by atoms with E-state index in [0.29, 0.717) is 30.7 Å². The molecule has 0 saturated carbocycles. The molecular weight excluding hydrogens is 270 g/mol. The Morgan fingerprint density at radius 2 is 2.10 bits per heavy atom. The van der Waals surface area contributed by atoms with Gasteiger partial charge < -0.3 is 19.3 Å². The van der Waals surface area contributed by atoms with Crippen LogP contribution in [-0.4, -0.2) is 23.9 Å². The lowest BCUT2D eigenvalue weighted by molar-refractivity contribution is 0.310. The molecule has 114 valence electrons. The number of nitrogens with one attached hydrogen (secondary N) is 1. The van der Waals surface area contributed by atoms with Crippen molar-refractivity contribution < 1.29 is 14.0 Å². The minimum atomic E-state index is 0.245. The van der Waals surface area contributed by atoms with Crippen LogP contribution >= 0.6 is 0 Å². The number of aromatic nitrogens is 2. The minimum Gasteiger partial charge on any atom is -0.493 e. The maximum absolute atomic E-state index is 5.49. The van der Waals surface area contributed by atoms with Gasteiger partial charge in [0.2, 0.25) is 0 Å². The van der Waals surface area contributed by atoms with Crippen molar-refractivity contribution in [2.75, 3.05) is 19.0 Å². The van der Waals surface area contributed by atoms with E-state index in [1.807, 2.05) is 39.0 Å². The van der Waals surface area contributed by atoms with Crippen LogP contribution in [0.15, 0.2) is 22.7 Å². The van der Waals surface area contributed by atoms with Gasteiger partial charge in [0.05, 0.1) is 13.7 Å². The van der Waals surface area contributed by atoms with Gasteiger partial charge >= 0.3 is 6.01 Å². The van der Waals surface area contributed by atoms with Gasteiger partial charge in [0, 0.05) is 12.5 Å². The third kappa shape index (κ3) is 3.87. The minimum absolute atomic E-state index is 0.245. The van der Waals surface area contributed by atoms with Gasteiger partial charge in [0.1, 0.15) is 0 Å². The summed E-state index contributed by atoms with van der Waals surface area (Å²) in [4.78, 5) is 4.27. The summed E-state index contributed by atoms with van der Waals surface area (Å²) < 4.78 is 15.9. The van der Waals surface area contributed by atoms with Crippen LogP contribution in [0, 0.1) is 0 Å². The summed E-state index contributed by atoms with van der Waals surface area (Å²) in [5.41, 5.74) is 1.04. The SMILES string of the molecule is CCOc1ccc(CNc2nc(C(C)C)no2)cc1OC. The van der Waals surface area contributed by atoms with E-state index in [9.17, 15) is 0 Å². The van der Waals surface area contributed by atoms with Crippen molar-refractivity contribution in [2.24, 2.45) is 0 Å². The van der Waals surface area contributed by atoms with Gasteiger partial charge in [-0.25, -0.2) is 0 Å². The van der Waals surface area contributed by atoms with Gasteiger partial charge in [0.15, 0.2) is 17.3 Å². The Kier molecular flexibility index (Phi) is 5.03. The number of nitrogens with zero attached hydrogens (tertiary/aromatic N) is 2. The Balaban J connectivity index is 2.02. The molecule has 0 saturated heterocycles. The normalized spacial score (nSPS) is 10.7. The number of benzene rings is 1. The Labute approximate surface area is 124 Å². The van der Waals surface area contributed by atoms with Gasteiger partial charge in [-0.2, -0.15) is 4.98 Å². The highest BCUT2D eigenvalue weighted by Crippen LogP contribution is 2.28. The van der Waals surface area contributed by atoms with Crippen molar-refractivity contribution in [1.29, 1.82) is 0 Å². The number of hydrogen-bond acceptors (Lipinski definition) is 6. The van der Waals surface area contributed by atoms with E-state index in [4.69, 9.17) is 14.0 Å². The van der Waals surface area contributed by atoms with Gasteiger partial charge in [-0.15, -0.1) is 0 Å². The molecule has 0 fully saturated rings. The molecule has 0 amide bonds. The Bertz CT molecular complexity index is 581. The van der Waals surface area contributed by atoms with Crippen LogP contribution in [0.4, 0.5) is 6.01 Å². The summed E-state index contributed by atoms with van der Waals surface area (Å²) in [5.74, 6) is 2.39. The van der Waals surface area contributed by atoms with Gasteiger partial charge in [-0.3, -0.25) is 0 Å². The third-order valence-electron chi connectivity index (χ3n) is 2.93. The number of methoxy groups -OCH3 is 1. The van der Waals surface area contributed by atoms with Crippen LogP contribution in [0.1, 0.15) is 38.1 Å². The fraction of sp³-hybridized carbons (Fsp3) is 0.467. The molecule has 1 N–H and O–H groups in total. The van der Waals surface area contributed by atoms with Gasteiger partial charge in [0.25, 0.3) is 0 Å². The number of anilines is 1. The second-order valence-electron chi connectivity index (χ2n) is 4.88. The summed E-state index contributed by atoms with van der Waals surface area (Å²) in [6.45, 7) is 7.16. The Morgan fingerprint density at radius 1 is 1.29 bits per heavy atom. The highest BCUT2D eigenvalue weighted by molar-refractivity contribution is 5.43. The molecular formula is C15H21N3O3. The molecule has 0 radical (unpaired) electrons. The van der Waals surface area contributed by atoms with E-state index in [0.717, 1.165) is 11.3 Å². The summed E-state index contributed by atoms with van der Waals surface area (Å²) in [6.07, 6.45) is 0. The molecule has 1 aromatic heterocycles.